The van der Waals surface area contributed by atoms with Crippen molar-refractivity contribution in [3.05, 3.63) is 53.1 Å². The highest BCUT2D eigenvalue weighted by atomic mass is 16.5. The van der Waals surface area contributed by atoms with Gasteiger partial charge in [0, 0.05) is 25.4 Å². The van der Waals surface area contributed by atoms with Gasteiger partial charge in [0.25, 0.3) is 5.91 Å². The second kappa shape index (κ2) is 5.93. The van der Waals surface area contributed by atoms with E-state index in [1.165, 1.54) is 0 Å². The number of aromatic nitrogens is 2. The molecule has 1 saturated heterocycles. The van der Waals surface area contributed by atoms with Crippen LogP contribution in [0.2, 0.25) is 0 Å². The van der Waals surface area contributed by atoms with Crippen molar-refractivity contribution in [2.24, 2.45) is 7.05 Å². The molecule has 5 heteroatoms. The van der Waals surface area contributed by atoms with E-state index in [1.807, 2.05) is 60.8 Å². The Balaban J connectivity index is 1.80. The number of hydrogen-bond acceptors (Lipinski definition) is 3. The van der Waals surface area contributed by atoms with E-state index < -0.39 is 0 Å². The lowest BCUT2D eigenvalue weighted by Gasteiger charge is -2.33. The van der Waals surface area contributed by atoms with E-state index in [9.17, 15) is 4.79 Å². The van der Waals surface area contributed by atoms with Crippen molar-refractivity contribution >= 4 is 5.91 Å². The molecule has 0 radical (unpaired) electrons. The predicted octanol–water partition coefficient (Wildman–Crippen LogP) is 2.25. The fraction of sp³-hybridized carbons (Fsp3) is 0.412. The molecule has 0 spiro atoms. The number of morpholine rings is 1. The molecule has 5 nitrogen and oxygen atoms in total. The van der Waals surface area contributed by atoms with Gasteiger partial charge in [-0.25, -0.2) is 4.98 Å². The Hall–Kier alpha value is -2.14. The van der Waals surface area contributed by atoms with Gasteiger partial charge in [-0.3, -0.25) is 4.79 Å². The van der Waals surface area contributed by atoms with Crippen LogP contribution in [0.4, 0.5) is 0 Å². The summed E-state index contributed by atoms with van der Waals surface area (Å²) < 4.78 is 7.80. The number of ether oxygens (including phenoxy) is 1. The molecule has 1 amide bonds. The minimum Gasteiger partial charge on any atom is -0.367 e. The van der Waals surface area contributed by atoms with Gasteiger partial charge < -0.3 is 14.2 Å². The van der Waals surface area contributed by atoms with E-state index in [4.69, 9.17) is 4.74 Å². The molecule has 116 valence electrons. The first-order valence-corrected chi connectivity index (χ1v) is 7.52. The number of imidazole rings is 1. The Morgan fingerprint density at radius 2 is 2.09 bits per heavy atom. The van der Waals surface area contributed by atoms with Gasteiger partial charge in [0.05, 0.1) is 18.8 Å². The molecule has 2 heterocycles. The molecule has 1 atom stereocenters. The number of hydrogen-bond donors (Lipinski definition) is 0. The smallest absolute Gasteiger partial charge is 0.254 e. The maximum atomic E-state index is 12.7. The van der Waals surface area contributed by atoms with Gasteiger partial charge in [-0.2, -0.15) is 0 Å². The lowest BCUT2D eigenvalue weighted by molar-refractivity contribution is -0.0279. The van der Waals surface area contributed by atoms with Crippen molar-refractivity contribution in [1.29, 1.82) is 0 Å². The molecule has 1 aromatic heterocycles. The molecular formula is C17H21N3O2. The third kappa shape index (κ3) is 2.76. The second-order valence-corrected chi connectivity index (χ2v) is 5.78. The zero-order valence-corrected chi connectivity index (χ0v) is 13.2. The summed E-state index contributed by atoms with van der Waals surface area (Å²) in [4.78, 5) is 19.1. The van der Waals surface area contributed by atoms with E-state index >= 15 is 0 Å². The van der Waals surface area contributed by atoms with Crippen LogP contribution in [0.5, 0.6) is 0 Å². The minimum absolute atomic E-state index is 0.0670. The number of rotatable bonds is 2. The number of nitrogens with zero attached hydrogens (tertiary/aromatic N) is 3. The summed E-state index contributed by atoms with van der Waals surface area (Å²) in [6.45, 7) is 5.62. The lowest BCUT2D eigenvalue weighted by Crippen LogP contribution is -2.43. The van der Waals surface area contributed by atoms with Crippen molar-refractivity contribution in [1.82, 2.24) is 14.5 Å². The average molecular weight is 299 g/mol. The number of aryl methyl sites for hydroxylation is 3. The van der Waals surface area contributed by atoms with E-state index in [0.29, 0.717) is 19.7 Å². The molecular weight excluding hydrogens is 278 g/mol. The van der Waals surface area contributed by atoms with E-state index in [0.717, 1.165) is 22.6 Å². The van der Waals surface area contributed by atoms with Crippen LogP contribution < -0.4 is 0 Å². The van der Waals surface area contributed by atoms with Crippen LogP contribution in [0.1, 0.15) is 33.5 Å². The largest absolute Gasteiger partial charge is 0.367 e. The Morgan fingerprint density at radius 1 is 1.32 bits per heavy atom. The monoisotopic (exact) mass is 299 g/mol. The highest BCUT2D eigenvalue weighted by molar-refractivity contribution is 5.95. The third-order valence-electron chi connectivity index (χ3n) is 4.05. The highest BCUT2D eigenvalue weighted by Crippen LogP contribution is 2.23. The molecule has 0 N–H and O–H groups in total. The molecule has 0 aliphatic carbocycles. The van der Waals surface area contributed by atoms with Crippen LogP contribution in [-0.2, 0) is 11.8 Å². The quantitative estimate of drug-likeness (QED) is 0.854. The first-order chi connectivity index (χ1) is 10.6. The maximum Gasteiger partial charge on any atom is 0.254 e. The predicted molar refractivity (Wildman–Crippen MR) is 83.7 cm³/mol. The van der Waals surface area contributed by atoms with Gasteiger partial charge in [-0.1, -0.05) is 18.2 Å². The van der Waals surface area contributed by atoms with Crippen molar-refractivity contribution < 1.29 is 9.53 Å². The molecule has 2 aromatic rings. The van der Waals surface area contributed by atoms with Gasteiger partial charge >= 0.3 is 0 Å². The summed E-state index contributed by atoms with van der Waals surface area (Å²) in [5, 5.41) is 0. The number of carbonyl (C=O) groups is 1. The summed E-state index contributed by atoms with van der Waals surface area (Å²) in [5.74, 6) is 0.942. The lowest BCUT2D eigenvalue weighted by atomic mass is 10.1. The summed E-state index contributed by atoms with van der Waals surface area (Å²) in [7, 11) is 1.96. The van der Waals surface area contributed by atoms with Gasteiger partial charge in [-0.15, -0.1) is 0 Å². The second-order valence-electron chi connectivity index (χ2n) is 5.78. The molecule has 1 fully saturated rings. The summed E-state index contributed by atoms with van der Waals surface area (Å²) >= 11 is 0. The van der Waals surface area contributed by atoms with E-state index in [2.05, 4.69) is 4.98 Å². The first kappa shape index (κ1) is 14.8. The van der Waals surface area contributed by atoms with Crippen LogP contribution in [0.25, 0.3) is 0 Å². The first-order valence-electron chi connectivity index (χ1n) is 7.52. The van der Waals surface area contributed by atoms with Crippen LogP contribution in [0.15, 0.2) is 30.5 Å². The zero-order chi connectivity index (χ0) is 15.7. The SMILES string of the molecule is Cc1cn(C)c(C2CN(C(=O)c3ccccc3C)CCO2)n1. The molecule has 1 aromatic carbocycles. The van der Waals surface area contributed by atoms with Crippen molar-refractivity contribution in [2.75, 3.05) is 19.7 Å². The number of carbonyl (C=O) groups excluding carboxylic acids is 1. The molecule has 1 unspecified atom stereocenters. The van der Waals surface area contributed by atoms with E-state index in [-0.39, 0.29) is 12.0 Å². The van der Waals surface area contributed by atoms with Gasteiger partial charge in [0.2, 0.25) is 0 Å². The van der Waals surface area contributed by atoms with Crippen LogP contribution in [0, 0.1) is 13.8 Å². The topological polar surface area (TPSA) is 47.4 Å². The van der Waals surface area contributed by atoms with Crippen molar-refractivity contribution in [3.63, 3.8) is 0 Å². The molecule has 1 aliphatic rings. The highest BCUT2D eigenvalue weighted by Gasteiger charge is 2.29. The van der Waals surface area contributed by atoms with Gasteiger partial charge in [0.15, 0.2) is 0 Å². The van der Waals surface area contributed by atoms with Gasteiger partial charge in [0.1, 0.15) is 11.9 Å². The normalized spacial score (nSPS) is 18.5. The number of amides is 1. The van der Waals surface area contributed by atoms with Crippen LogP contribution in [0.3, 0.4) is 0 Å². The Labute approximate surface area is 130 Å². The van der Waals surface area contributed by atoms with E-state index in [1.54, 1.807) is 0 Å². The Morgan fingerprint density at radius 3 is 2.77 bits per heavy atom. The standard InChI is InChI=1S/C17H21N3O2/c1-12-6-4-5-7-14(12)17(21)20-8-9-22-15(11-20)16-18-13(2)10-19(16)3/h4-7,10,15H,8-9,11H2,1-3H3. The molecule has 3 rings (SSSR count). The summed E-state index contributed by atoms with van der Waals surface area (Å²) in [5.41, 5.74) is 2.73. The van der Waals surface area contributed by atoms with Crippen LogP contribution in [-0.4, -0.2) is 40.1 Å². The minimum atomic E-state index is -0.166. The van der Waals surface area contributed by atoms with Crippen LogP contribution >= 0.6 is 0 Å². The molecule has 1 aliphatic heterocycles. The number of benzene rings is 1. The molecule has 0 saturated carbocycles. The zero-order valence-electron chi connectivity index (χ0n) is 13.2. The summed E-state index contributed by atoms with van der Waals surface area (Å²) in [6.07, 6.45) is 1.81. The Kier molecular flexibility index (Phi) is 3.98. The average Bonchev–Trinajstić information content (AvgIpc) is 2.86. The Bertz CT molecular complexity index is 693. The fourth-order valence-electron chi connectivity index (χ4n) is 2.91. The molecule has 0 bridgehead atoms. The summed E-state index contributed by atoms with van der Waals surface area (Å²) in [6, 6.07) is 7.70. The van der Waals surface area contributed by atoms with Crippen molar-refractivity contribution in [2.45, 2.75) is 20.0 Å². The van der Waals surface area contributed by atoms with Gasteiger partial charge in [-0.05, 0) is 25.5 Å². The van der Waals surface area contributed by atoms with Crippen molar-refractivity contribution in [3.8, 4) is 0 Å². The molecule has 22 heavy (non-hydrogen) atoms. The maximum absolute atomic E-state index is 12.7. The fourth-order valence-corrected chi connectivity index (χ4v) is 2.91. The third-order valence-corrected chi connectivity index (χ3v) is 4.05.